The molecule has 1 rings (SSSR count). The predicted octanol–water partition coefficient (Wildman–Crippen LogP) is 1.05. The third-order valence-electron chi connectivity index (χ3n) is 1.82. The molecule has 0 radical (unpaired) electrons. The molecule has 1 aromatic rings. The van der Waals surface area contributed by atoms with Crippen LogP contribution in [-0.4, -0.2) is 11.8 Å². The quantitative estimate of drug-likeness (QED) is 0.735. The van der Waals surface area contributed by atoms with Gasteiger partial charge in [0.05, 0.1) is 0 Å². The number of primary amides is 1. The Balaban J connectivity index is 3.01. The van der Waals surface area contributed by atoms with Crippen LogP contribution < -0.4 is 11.1 Å². The molecule has 1 aromatic carbocycles. The van der Waals surface area contributed by atoms with Crippen LogP contribution in [0.5, 0.6) is 0 Å². The molecule has 74 valence electrons. The van der Waals surface area contributed by atoms with Crippen molar-refractivity contribution in [3.63, 3.8) is 0 Å². The third kappa shape index (κ3) is 2.32. The number of rotatable bonds is 2. The molecule has 0 bridgehead atoms. The SMILES string of the molecule is CC(=O)Nc1ccc(C(N)=O)cc1C. The Morgan fingerprint density at radius 1 is 1.36 bits per heavy atom. The minimum Gasteiger partial charge on any atom is -0.366 e. The molecule has 0 aliphatic carbocycles. The molecule has 0 fully saturated rings. The zero-order valence-corrected chi connectivity index (χ0v) is 8.13. The lowest BCUT2D eigenvalue weighted by atomic mass is 10.1. The first-order valence-electron chi connectivity index (χ1n) is 4.18. The van der Waals surface area contributed by atoms with Gasteiger partial charge in [0.25, 0.3) is 0 Å². The fourth-order valence-electron chi connectivity index (χ4n) is 1.15. The molecule has 0 aliphatic rings. The van der Waals surface area contributed by atoms with Gasteiger partial charge in [0.15, 0.2) is 0 Å². The fourth-order valence-corrected chi connectivity index (χ4v) is 1.15. The van der Waals surface area contributed by atoms with E-state index < -0.39 is 5.91 Å². The minimum atomic E-state index is -0.470. The first-order chi connectivity index (χ1) is 6.50. The molecule has 0 spiro atoms. The van der Waals surface area contributed by atoms with Crippen molar-refractivity contribution < 1.29 is 9.59 Å². The number of nitrogens with one attached hydrogen (secondary N) is 1. The Hall–Kier alpha value is -1.84. The van der Waals surface area contributed by atoms with Gasteiger partial charge in [-0.15, -0.1) is 0 Å². The molecule has 3 N–H and O–H groups in total. The van der Waals surface area contributed by atoms with Gasteiger partial charge < -0.3 is 11.1 Å². The smallest absolute Gasteiger partial charge is 0.248 e. The second-order valence-electron chi connectivity index (χ2n) is 3.08. The highest BCUT2D eigenvalue weighted by Crippen LogP contribution is 2.15. The average Bonchev–Trinajstić information content (AvgIpc) is 2.07. The van der Waals surface area contributed by atoms with E-state index in [4.69, 9.17) is 5.73 Å². The molecule has 2 amide bonds. The molecule has 4 heteroatoms. The predicted molar refractivity (Wildman–Crippen MR) is 54.0 cm³/mol. The molecule has 0 saturated carbocycles. The van der Waals surface area contributed by atoms with Crippen LogP contribution in [0.1, 0.15) is 22.8 Å². The van der Waals surface area contributed by atoms with E-state index in [0.717, 1.165) is 5.56 Å². The monoisotopic (exact) mass is 192 g/mol. The minimum absolute atomic E-state index is 0.139. The molecule has 14 heavy (non-hydrogen) atoms. The number of benzene rings is 1. The number of aryl methyl sites for hydroxylation is 1. The van der Waals surface area contributed by atoms with E-state index in [1.165, 1.54) is 6.92 Å². The highest BCUT2D eigenvalue weighted by atomic mass is 16.1. The van der Waals surface area contributed by atoms with Crippen LogP contribution in [0.3, 0.4) is 0 Å². The summed E-state index contributed by atoms with van der Waals surface area (Å²) in [7, 11) is 0. The molecule has 0 aromatic heterocycles. The van der Waals surface area contributed by atoms with Crippen LogP contribution in [0.15, 0.2) is 18.2 Å². The van der Waals surface area contributed by atoms with E-state index in [2.05, 4.69) is 5.32 Å². The number of carbonyl (C=O) groups excluding carboxylic acids is 2. The molecule has 0 atom stereocenters. The summed E-state index contributed by atoms with van der Waals surface area (Å²) < 4.78 is 0. The molecule has 0 heterocycles. The van der Waals surface area contributed by atoms with Crippen molar-refractivity contribution in [2.24, 2.45) is 5.73 Å². The van der Waals surface area contributed by atoms with Gasteiger partial charge in [-0.25, -0.2) is 0 Å². The first-order valence-corrected chi connectivity index (χ1v) is 4.18. The Labute approximate surface area is 82.1 Å². The second-order valence-corrected chi connectivity index (χ2v) is 3.08. The Morgan fingerprint density at radius 2 is 2.00 bits per heavy atom. The maximum absolute atomic E-state index is 10.8. The van der Waals surface area contributed by atoms with Gasteiger partial charge in [-0.1, -0.05) is 0 Å². The molecular weight excluding hydrogens is 180 g/mol. The average molecular weight is 192 g/mol. The van der Waals surface area contributed by atoms with Crippen LogP contribution in [-0.2, 0) is 4.79 Å². The lowest BCUT2D eigenvalue weighted by Crippen LogP contribution is -2.12. The molecule has 0 unspecified atom stereocenters. The largest absolute Gasteiger partial charge is 0.366 e. The Bertz CT molecular complexity index is 386. The number of carbonyl (C=O) groups is 2. The Morgan fingerprint density at radius 3 is 2.43 bits per heavy atom. The van der Waals surface area contributed by atoms with Crippen LogP contribution in [0.25, 0.3) is 0 Å². The number of nitrogens with two attached hydrogens (primary N) is 1. The van der Waals surface area contributed by atoms with Crippen molar-refractivity contribution in [2.45, 2.75) is 13.8 Å². The van der Waals surface area contributed by atoms with Gasteiger partial charge >= 0.3 is 0 Å². The maximum Gasteiger partial charge on any atom is 0.248 e. The zero-order valence-electron chi connectivity index (χ0n) is 8.13. The summed E-state index contributed by atoms with van der Waals surface area (Å²) in [6.45, 7) is 3.24. The zero-order chi connectivity index (χ0) is 10.7. The lowest BCUT2D eigenvalue weighted by molar-refractivity contribution is -0.114. The van der Waals surface area contributed by atoms with Crippen molar-refractivity contribution in [1.29, 1.82) is 0 Å². The van der Waals surface area contributed by atoms with Gasteiger partial charge in [-0.3, -0.25) is 9.59 Å². The number of anilines is 1. The summed E-state index contributed by atoms with van der Waals surface area (Å²) in [5.41, 5.74) is 7.06. The van der Waals surface area contributed by atoms with Crippen molar-refractivity contribution in [2.75, 3.05) is 5.32 Å². The summed E-state index contributed by atoms with van der Waals surface area (Å²) in [5.74, 6) is -0.609. The van der Waals surface area contributed by atoms with Crippen LogP contribution in [0, 0.1) is 6.92 Å². The number of hydrogen-bond acceptors (Lipinski definition) is 2. The van der Waals surface area contributed by atoms with Gasteiger partial charge in [0, 0.05) is 18.2 Å². The van der Waals surface area contributed by atoms with E-state index in [1.807, 2.05) is 0 Å². The van der Waals surface area contributed by atoms with Crippen molar-refractivity contribution >= 4 is 17.5 Å². The summed E-state index contributed by atoms with van der Waals surface area (Å²) in [4.78, 5) is 21.6. The molecular formula is C10H12N2O2. The third-order valence-corrected chi connectivity index (χ3v) is 1.82. The van der Waals surface area contributed by atoms with E-state index in [1.54, 1.807) is 25.1 Å². The summed E-state index contributed by atoms with van der Waals surface area (Å²) in [5, 5.41) is 2.65. The van der Waals surface area contributed by atoms with E-state index >= 15 is 0 Å². The summed E-state index contributed by atoms with van der Waals surface area (Å²) in [6.07, 6.45) is 0. The fraction of sp³-hybridized carbons (Fsp3) is 0.200. The van der Waals surface area contributed by atoms with Crippen molar-refractivity contribution in [3.05, 3.63) is 29.3 Å². The maximum atomic E-state index is 10.8. The van der Waals surface area contributed by atoms with E-state index in [0.29, 0.717) is 11.3 Å². The molecule has 0 aliphatic heterocycles. The molecule has 0 saturated heterocycles. The van der Waals surface area contributed by atoms with Gasteiger partial charge in [-0.2, -0.15) is 0 Å². The lowest BCUT2D eigenvalue weighted by Gasteiger charge is -2.06. The Kier molecular flexibility index (Phi) is 2.86. The second kappa shape index (κ2) is 3.91. The standard InChI is InChI=1S/C10H12N2O2/c1-6-5-8(10(11)14)3-4-9(6)12-7(2)13/h3-5H,1-2H3,(H2,11,14)(H,12,13). The van der Waals surface area contributed by atoms with Crippen LogP contribution in [0.2, 0.25) is 0 Å². The van der Waals surface area contributed by atoms with Gasteiger partial charge in [-0.05, 0) is 30.7 Å². The number of amides is 2. The number of hydrogen-bond donors (Lipinski definition) is 2. The highest BCUT2D eigenvalue weighted by molar-refractivity contribution is 5.95. The van der Waals surface area contributed by atoms with E-state index in [-0.39, 0.29) is 5.91 Å². The van der Waals surface area contributed by atoms with Gasteiger partial charge in [0.2, 0.25) is 11.8 Å². The molecule has 4 nitrogen and oxygen atoms in total. The summed E-state index contributed by atoms with van der Waals surface area (Å²) >= 11 is 0. The van der Waals surface area contributed by atoms with Crippen LogP contribution >= 0.6 is 0 Å². The van der Waals surface area contributed by atoms with Crippen molar-refractivity contribution in [1.82, 2.24) is 0 Å². The van der Waals surface area contributed by atoms with Crippen LogP contribution in [0.4, 0.5) is 5.69 Å². The topological polar surface area (TPSA) is 72.2 Å². The normalized spacial score (nSPS) is 9.57. The van der Waals surface area contributed by atoms with E-state index in [9.17, 15) is 9.59 Å². The highest BCUT2D eigenvalue weighted by Gasteiger charge is 2.04. The van der Waals surface area contributed by atoms with Gasteiger partial charge in [0.1, 0.15) is 0 Å². The van der Waals surface area contributed by atoms with Crippen molar-refractivity contribution in [3.8, 4) is 0 Å². The first kappa shape index (κ1) is 10.2. The summed E-state index contributed by atoms with van der Waals surface area (Å²) in [6, 6.07) is 4.89.